The molecular weight excluding hydrogens is 292 g/mol. The molecule has 0 unspecified atom stereocenters. The first-order valence-corrected chi connectivity index (χ1v) is 5.48. The number of aliphatic hydroxyl groups excluding tert-OH is 1. The fraction of sp³-hybridized carbons (Fsp3) is 0.300. The number of nitrogens with zero attached hydrogens (tertiary/aromatic N) is 1. The second-order valence-electron chi connectivity index (χ2n) is 3.12. The Bertz CT molecular complexity index is 425. The van der Waals surface area contributed by atoms with Crippen molar-refractivity contribution in [3.05, 3.63) is 28.5 Å². The maximum atomic E-state index is 11.7. The van der Waals surface area contributed by atoms with Crippen LogP contribution in [-0.2, 0) is 9.53 Å². The SMILES string of the molecule is COC(=O)[C@@H](CO)NC(=O)c1cncc(Br)c1. The van der Waals surface area contributed by atoms with Crippen molar-refractivity contribution in [2.24, 2.45) is 0 Å². The number of carbonyl (C=O) groups excluding carboxylic acids is 2. The van der Waals surface area contributed by atoms with E-state index in [1.165, 1.54) is 19.5 Å². The number of aromatic nitrogens is 1. The second kappa shape index (κ2) is 6.31. The lowest BCUT2D eigenvalue weighted by molar-refractivity contribution is -0.143. The van der Waals surface area contributed by atoms with E-state index in [9.17, 15) is 9.59 Å². The van der Waals surface area contributed by atoms with Crippen molar-refractivity contribution in [3.8, 4) is 0 Å². The Kier molecular flexibility index (Phi) is 5.05. The van der Waals surface area contributed by atoms with Crippen LogP contribution >= 0.6 is 15.9 Å². The van der Waals surface area contributed by atoms with Crippen LogP contribution in [0.4, 0.5) is 0 Å². The highest BCUT2D eigenvalue weighted by Crippen LogP contribution is 2.09. The number of amides is 1. The van der Waals surface area contributed by atoms with Crippen LogP contribution < -0.4 is 5.32 Å². The predicted octanol–water partition coefficient (Wildman–Crippen LogP) is 0.108. The maximum Gasteiger partial charge on any atom is 0.330 e. The molecule has 7 heteroatoms. The van der Waals surface area contributed by atoms with E-state index in [4.69, 9.17) is 5.11 Å². The van der Waals surface area contributed by atoms with Gasteiger partial charge in [0.2, 0.25) is 0 Å². The first-order chi connectivity index (χ1) is 8.08. The number of esters is 1. The Labute approximate surface area is 106 Å². The van der Waals surface area contributed by atoms with Gasteiger partial charge >= 0.3 is 5.97 Å². The number of methoxy groups -OCH3 is 1. The summed E-state index contributed by atoms with van der Waals surface area (Å²) in [5.74, 6) is -1.22. The molecule has 0 aromatic carbocycles. The zero-order chi connectivity index (χ0) is 12.8. The lowest BCUT2D eigenvalue weighted by Crippen LogP contribution is -2.44. The highest BCUT2D eigenvalue weighted by Gasteiger charge is 2.21. The Morgan fingerprint density at radius 2 is 2.29 bits per heavy atom. The summed E-state index contributed by atoms with van der Waals surface area (Å²) in [6.45, 7) is -0.528. The molecule has 1 aromatic heterocycles. The number of hydrogen-bond acceptors (Lipinski definition) is 5. The van der Waals surface area contributed by atoms with E-state index >= 15 is 0 Å². The van der Waals surface area contributed by atoms with Crippen molar-refractivity contribution in [1.29, 1.82) is 0 Å². The Balaban J connectivity index is 2.74. The van der Waals surface area contributed by atoms with Crippen molar-refractivity contribution in [3.63, 3.8) is 0 Å². The number of pyridine rings is 1. The fourth-order valence-electron chi connectivity index (χ4n) is 1.10. The topological polar surface area (TPSA) is 88.5 Å². The van der Waals surface area contributed by atoms with Gasteiger partial charge in [-0.2, -0.15) is 0 Å². The van der Waals surface area contributed by atoms with Crippen LogP contribution in [0.5, 0.6) is 0 Å². The molecule has 92 valence electrons. The quantitative estimate of drug-likeness (QED) is 0.771. The third-order valence-electron chi connectivity index (χ3n) is 1.94. The summed E-state index contributed by atoms with van der Waals surface area (Å²) in [5.41, 5.74) is 0.279. The molecule has 6 nitrogen and oxygen atoms in total. The number of carbonyl (C=O) groups is 2. The lowest BCUT2D eigenvalue weighted by Gasteiger charge is -2.13. The smallest absolute Gasteiger partial charge is 0.330 e. The van der Waals surface area contributed by atoms with Crippen LogP contribution in [0.3, 0.4) is 0 Å². The third kappa shape index (κ3) is 3.79. The van der Waals surface area contributed by atoms with E-state index in [1.807, 2.05) is 0 Å². The number of aliphatic hydroxyl groups is 1. The van der Waals surface area contributed by atoms with Gasteiger partial charge in [0.25, 0.3) is 5.91 Å². The summed E-state index contributed by atoms with van der Waals surface area (Å²) in [6.07, 6.45) is 2.88. The van der Waals surface area contributed by atoms with Crippen molar-refractivity contribution in [2.45, 2.75) is 6.04 Å². The molecule has 1 aromatic rings. The summed E-state index contributed by atoms with van der Waals surface area (Å²) >= 11 is 3.17. The van der Waals surface area contributed by atoms with E-state index in [0.717, 1.165) is 0 Å². The van der Waals surface area contributed by atoms with E-state index in [-0.39, 0.29) is 5.56 Å². The van der Waals surface area contributed by atoms with Crippen LogP contribution in [0.2, 0.25) is 0 Å². The molecule has 0 saturated carbocycles. The van der Waals surface area contributed by atoms with E-state index in [1.54, 1.807) is 6.07 Å². The monoisotopic (exact) mass is 302 g/mol. The Morgan fingerprint density at radius 3 is 2.82 bits per heavy atom. The van der Waals surface area contributed by atoms with Crippen molar-refractivity contribution in [2.75, 3.05) is 13.7 Å². The minimum absolute atomic E-state index is 0.279. The van der Waals surface area contributed by atoms with Gasteiger partial charge < -0.3 is 15.2 Å². The fourth-order valence-corrected chi connectivity index (χ4v) is 1.46. The largest absolute Gasteiger partial charge is 0.467 e. The average molecular weight is 303 g/mol. The zero-order valence-corrected chi connectivity index (χ0v) is 10.6. The van der Waals surface area contributed by atoms with Gasteiger partial charge in [0.15, 0.2) is 6.04 Å². The number of nitrogens with one attached hydrogen (secondary N) is 1. The van der Waals surface area contributed by atoms with Crippen LogP contribution in [0, 0.1) is 0 Å². The molecule has 17 heavy (non-hydrogen) atoms. The van der Waals surface area contributed by atoms with E-state index < -0.39 is 24.5 Å². The van der Waals surface area contributed by atoms with Crippen molar-refractivity contribution in [1.82, 2.24) is 10.3 Å². The molecule has 1 atom stereocenters. The molecule has 1 heterocycles. The summed E-state index contributed by atoms with van der Waals surface area (Å²) in [7, 11) is 1.18. The minimum atomic E-state index is -1.08. The number of ether oxygens (including phenoxy) is 1. The molecule has 0 aliphatic rings. The van der Waals surface area contributed by atoms with Crippen LogP contribution in [0.15, 0.2) is 22.9 Å². The Morgan fingerprint density at radius 1 is 1.59 bits per heavy atom. The predicted molar refractivity (Wildman–Crippen MR) is 62.3 cm³/mol. The molecule has 0 bridgehead atoms. The van der Waals surface area contributed by atoms with Gasteiger partial charge in [-0.05, 0) is 22.0 Å². The molecular formula is C10H11BrN2O4. The lowest BCUT2D eigenvalue weighted by atomic mass is 10.2. The molecule has 1 rings (SSSR count). The summed E-state index contributed by atoms with van der Waals surface area (Å²) < 4.78 is 5.07. The first kappa shape index (κ1) is 13.6. The van der Waals surface area contributed by atoms with Crippen LogP contribution in [0.25, 0.3) is 0 Å². The van der Waals surface area contributed by atoms with Gasteiger partial charge in [-0.1, -0.05) is 0 Å². The van der Waals surface area contributed by atoms with Crippen molar-refractivity contribution < 1.29 is 19.4 Å². The normalized spacial score (nSPS) is 11.7. The first-order valence-electron chi connectivity index (χ1n) is 4.68. The highest BCUT2D eigenvalue weighted by atomic mass is 79.9. The molecule has 0 radical (unpaired) electrons. The molecule has 0 fully saturated rings. The number of halogens is 1. The van der Waals surface area contributed by atoms with Gasteiger partial charge in [-0.3, -0.25) is 9.78 Å². The molecule has 0 spiro atoms. The van der Waals surface area contributed by atoms with E-state index in [2.05, 4.69) is 31.0 Å². The van der Waals surface area contributed by atoms with Gasteiger partial charge in [-0.25, -0.2) is 4.79 Å². The summed E-state index contributed by atoms with van der Waals surface area (Å²) in [4.78, 5) is 26.7. The second-order valence-corrected chi connectivity index (χ2v) is 4.04. The molecule has 2 N–H and O–H groups in total. The van der Waals surface area contributed by atoms with Crippen LogP contribution in [0.1, 0.15) is 10.4 Å². The highest BCUT2D eigenvalue weighted by molar-refractivity contribution is 9.10. The third-order valence-corrected chi connectivity index (χ3v) is 2.37. The molecule has 0 aliphatic heterocycles. The Hall–Kier alpha value is -1.47. The summed E-state index contributed by atoms with van der Waals surface area (Å²) in [5, 5.41) is 11.3. The van der Waals surface area contributed by atoms with Crippen molar-refractivity contribution >= 4 is 27.8 Å². The van der Waals surface area contributed by atoms with Gasteiger partial charge in [-0.15, -0.1) is 0 Å². The average Bonchev–Trinajstić information content (AvgIpc) is 2.34. The maximum absolute atomic E-state index is 11.7. The van der Waals surface area contributed by atoms with E-state index in [0.29, 0.717) is 4.47 Å². The number of hydrogen-bond donors (Lipinski definition) is 2. The van der Waals surface area contributed by atoms with Gasteiger partial charge in [0, 0.05) is 16.9 Å². The van der Waals surface area contributed by atoms with Gasteiger partial charge in [0.1, 0.15) is 0 Å². The molecule has 0 saturated heterocycles. The standard InChI is InChI=1S/C10H11BrN2O4/c1-17-10(16)8(5-14)13-9(15)6-2-7(11)4-12-3-6/h2-4,8,14H,5H2,1H3,(H,13,15)/t8-/m1/s1. The minimum Gasteiger partial charge on any atom is -0.467 e. The molecule has 1 amide bonds. The number of rotatable bonds is 4. The summed E-state index contributed by atoms with van der Waals surface area (Å²) in [6, 6.07) is 0.472. The van der Waals surface area contributed by atoms with Gasteiger partial charge in [0.05, 0.1) is 19.3 Å². The molecule has 0 aliphatic carbocycles. The van der Waals surface area contributed by atoms with Crippen LogP contribution in [-0.4, -0.2) is 41.7 Å². The zero-order valence-electron chi connectivity index (χ0n) is 9.01.